The number of Topliss-reactive ketones (excluding diaryl/α,β-unsaturated/α-hetero) is 1. The summed E-state index contributed by atoms with van der Waals surface area (Å²) in [6.45, 7) is 0.137. The molecule has 2 aliphatic carbocycles. The van der Waals surface area contributed by atoms with Crippen molar-refractivity contribution in [3.8, 4) is 0 Å². The molecule has 0 radical (unpaired) electrons. The Morgan fingerprint density at radius 2 is 1.52 bits per heavy atom. The first kappa shape index (κ1) is 35.9. The van der Waals surface area contributed by atoms with E-state index in [1.807, 2.05) is 0 Å². The molecule has 4 rings (SSSR count). The molecule has 0 aromatic heterocycles. The first-order valence-corrected chi connectivity index (χ1v) is 15.3. The molecule has 0 aromatic carbocycles. The van der Waals surface area contributed by atoms with Gasteiger partial charge < -0.3 is 82.9 Å². The highest BCUT2D eigenvalue weighted by molar-refractivity contribution is 5.88. The molecule has 0 unspecified atom stereocenters. The molecule has 2 aliphatic heterocycles. The van der Waals surface area contributed by atoms with Crippen LogP contribution in [-0.4, -0.2) is 159 Å². The summed E-state index contributed by atoms with van der Waals surface area (Å²) in [5.74, 6) is -1.27. The summed E-state index contributed by atoms with van der Waals surface area (Å²) < 4.78 is 23.7. The molecular weight excluding hydrogens is 586 g/mol. The Morgan fingerprint density at radius 3 is 2.16 bits per heavy atom. The number of rotatable bonds is 13. The molecule has 16 N–H and O–H groups in total. The lowest BCUT2D eigenvalue weighted by Gasteiger charge is -2.49. The predicted octanol–water partition coefficient (Wildman–Crippen LogP) is -6.18. The van der Waals surface area contributed by atoms with Crippen LogP contribution < -0.4 is 28.3 Å². The van der Waals surface area contributed by atoms with Crippen LogP contribution in [0.5, 0.6) is 0 Å². The Labute approximate surface area is 255 Å². The lowest BCUT2D eigenvalue weighted by Crippen LogP contribution is -2.66. The molecular formula is C27H51N5O12. The Kier molecular flexibility index (Phi) is 12.5. The molecule has 4 aliphatic rings. The summed E-state index contributed by atoms with van der Waals surface area (Å²) in [7, 11) is 0. The van der Waals surface area contributed by atoms with E-state index in [0.717, 1.165) is 0 Å². The van der Waals surface area contributed by atoms with E-state index in [1.165, 1.54) is 0 Å². The van der Waals surface area contributed by atoms with Gasteiger partial charge in [0.2, 0.25) is 0 Å². The SMILES string of the molecule is NC1CC(O)(C(=O)C[C@@H]2C[C@H](N)[C@@H](O[C@H]3O[C@H](CNCCCO)[C@@H](O)C[C@H]3N)[C@H](O)[C@H]2O[C@H]2O[C@H](CO)[C@@H](O)[C@H](N)[C@H]2O)C1. The van der Waals surface area contributed by atoms with Crippen LogP contribution >= 0.6 is 0 Å². The summed E-state index contributed by atoms with van der Waals surface area (Å²) in [5.41, 5.74) is 22.9. The Hall–Kier alpha value is -0.970. The number of aliphatic hydroxyl groups excluding tert-OH is 6. The number of ether oxygens (including phenoxy) is 4. The average molecular weight is 638 g/mol. The van der Waals surface area contributed by atoms with Crippen LogP contribution in [0.4, 0.5) is 0 Å². The molecule has 2 saturated heterocycles. The van der Waals surface area contributed by atoms with Crippen molar-refractivity contribution < 1.29 is 59.5 Å². The number of hydrogen-bond donors (Lipinski definition) is 12. The summed E-state index contributed by atoms with van der Waals surface area (Å²) in [6.07, 6.45) is -11.5. The highest BCUT2D eigenvalue weighted by Gasteiger charge is 2.53. The second-order valence-corrected chi connectivity index (χ2v) is 12.8. The van der Waals surface area contributed by atoms with Gasteiger partial charge in [-0.2, -0.15) is 0 Å². The lowest BCUT2D eigenvalue weighted by molar-refractivity contribution is -0.320. The fourth-order valence-electron chi connectivity index (χ4n) is 6.58. The number of carbonyl (C=O) groups excluding carboxylic acids is 1. The maximum absolute atomic E-state index is 13.1. The van der Waals surface area contributed by atoms with Gasteiger partial charge in [-0.3, -0.25) is 4.79 Å². The van der Waals surface area contributed by atoms with E-state index in [2.05, 4.69) is 5.32 Å². The van der Waals surface area contributed by atoms with Crippen molar-refractivity contribution in [3.05, 3.63) is 0 Å². The number of carbonyl (C=O) groups is 1. The van der Waals surface area contributed by atoms with Crippen LogP contribution in [0, 0.1) is 5.92 Å². The highest BCUT2D eigenvalue weighted by atomic mass is 16.7. The van der Waals surface area contributed by atoms with Crippen molar-refractivity contribution in [2.75, 3.05) is 26.3 Å². The molecule has 2 heterocycles. The molecule has 2 saturated carbocycles. The summed E-state index contributed by atoms with van der Waals surface area (Å²) >= 11 is 0. The molecule has 0 bridgehead atoms. The zero-order chi connectivity index (χ0) is 32.3. The smallest absolute Gasteiger partial charge is 0.186 e. The van der Waals surface area contributed by atoms with Gasteiger partial charge in [0.1, 0.15) is 36.1 Å². The first-order chi connectivity index (χ1) is 20.8. The van der Waals surface area contributed by atoms with E-state index in [4.69, 9.17) is 47.0 Å². The van der Waals surface area contributed by atoms with Gasteiger partial charge >= 0.3 is 0 Å². The van der Waals surface area contributed by atoms with Crippen LogP contribution in [0.2, 0.25) is 0 Å². The van der Waals surface area contributed by atoms with Crippen LogP contribution in [-0.2, 0) is 23.7 Å². The van der Waals surface area contributed by atoms with E-state index in [0.29, 0.717) is 13.0 Å². The Bertz CT molecular complexity index is 932. The topological polar surface area (TPSA) is 312 Å². The minimum Gasteiger partial charge on any atom is -0.396 e. The molecule has 17 nitrogen and oxygen atoms in total. The van der Waals surface area contributed by atoms with Crippen molar-refractivity contribution in [1.29, 1.82) is 0 Å². The van der Waals surface area contributed by atoms with Gasteiger partial charge in [0.25, 0.3) is 0 Å². The quantitative estimate of drug-likeness (QED) is 0.0836. The van der Waals surface area contributed by atoms with Crippen LogP contribution in [0.15, 0.2) is 0 Å². The minimum atomic E-state index is -1.61. The van der Waals surface area contributed by atoms with E-state index < -0.39 is 103 Å². The second-order valence-electron chi connectivity index (χ2n) is 12.8. The van der Waals surface area contributed by atoms with Gasteiger partial charge in [0, 0.05) is 31.7 Å². The van der Waals surface area contributed by atoms with Gasteiger partial charge in [0.05, 0.1) is 37.0 Å². The molecule has 17 heteroatoms. The molecule has 14 atom stereocenters. The summed E-state index contributed by atoms with van der Waals surface area (Å²) in [6, 6.07) is -3.19. The number of aliphatic hydroxyl groups is 7. The molecule has 0 aromatic rings. The largest absolute Gasteiger partial charge is 0.396 e. The third-order valence-electron chi connectivity index (χ3n) is 9.28. The lowest BCUT2D eigenvalue weighted by atomic mass is 9.69. The predicted molar refractivity (Wildman–Crippen MR) is 151 cm³/mol. The van der Waals surface area contributed by atoms with E-state index in [9.17, 15) is 35.4 Å². The van der Waals surface area contributed by atoms with E-state index in [1.54, 1.807) is 0 Å². The van der Waals surface area contributed by atoms with Gasteiger partial charge in [-0.15, -0.1) is 0 Å². The van der Waals surface area contributed by atoms with Gasteiger partial charge in [0.15, 0.2) is 18.4 Å². The molecule has 256 valence electrons. The Balaban J connectivity index is 1.51. The third kappa shape index (κ3) is 7.93. The maximum atomic E-state index is 13.1. The van der Waals surface area contributed by atoms with Crippen LogP contribution in [0.3, 0.4) is 0 Å². The fourth-order valence-corrected chi connectivity index (χ4v) is 6.58. The zero-order valence-corrected chi connectivity index (χ0v) is 24.7. The Morgan fingerprint density at radius 1 is 0.864 bits per heavy atom. The van der Waals surface area contributed by atoms with E-state index in [-0.39, 0.29) is 51.3 Å². The first-order valence-electron chi connectivity index (χ1n) is 15.3. The van der Waals surface area contributed by atoms with Crippen molar-refractivity contribution >= 4 is 5.78 Å². The number of nitrogens with one attached hydrogen (secondary N) is 1. The maximum Gasteiger partial charge on any atom is 0.186 e. The van der Waals surface area contributed by atoms with Gasteiger partial charge in [-0.05, 0) is 44.6 Å². The third-order valence-corrected chi connectivity index (χ3v) is 9.28. The van der Waals surface area contributed by atoms with Crippen molar-refractivity contribution in [1.82, 2.24) is 5.32 Å². The van der Waals surface area contributed by atoms with Crippen LogP contribution in [0.25, 0.3) is 0 Å². The number of hydrogen-bond acceptors (Lipinski definition) is 17. The minimum absolute atomic E-state index is 0.00784. The van der Waals surface area contributed by atoms with Crippen molar-refractivity contribution in [2.24, 2.45) is 28.9 Å². The normalized spacial score (nSPS) is 48.1. The molecule has 44 heavy (non-hydrogen) atoms. The molecule has 0 amide bonds. The zero-order valence-electron chi connectivity index (χ0n) is 24.7. The molecule has 4 fully saturated rings. The van der Waals surface area contributed by atoms with Crippen LogP contribution in [0.1, 0.15) is 38.5 Å². The van der Waals surface area contributed by atoms with Gasteiger partial charge in [-0.1, -0.05) is 0 Å². The molecule has 0 spiro atoms. The highest BCUT2D eigenvalue weighted by Crippen LogP contribution is 2.39. The summed E-state index contributed by atoms with van der Waals surface area (Å²) in [4.78, 5) is 13.1. The second kappa shape index (κ2) is 15.3. The standard InChI is InChI=1S/C27H51N5O12/c28-12-7-27(40,8-12)18(36)5-11-4-13(29)24(44-25-14(30)6-15(35)16(41-25)9-32-2-1-3-33)22(39)23(11)43-26-21(38)19(31)20(37)17(10-34)42-26/h11-17,19-26,32-35,37-40H,1-10,28-31H2/t11-,12?,13-,14+,15-,16+,17+,19-,20+,21+,22+,23-,24+,25+,26+,27?/m0/s1. The number of ketones is 1. The van der Waals surface area contributed by atoms with Crippen molar-refractivity contribution in [2.45, 2.75) is 130 Å². The fraction of sp³-hybridized carbons (Fsp3) is 0.963. The average Bonchev–Trinajstić information content (AvgIpc) is 2.96. The van der Waals surface area contributed by atoms with Gasteiger partial charge in [-0.25, -0.2) is 0 Å². The van der Waals surface area contributed by atoms with E-state index >= 15 is 0 Å². The monoisotopic (exact) mass is 637 g/mol. The summed E-state index contributed by atoms with van der Waals surface area (Å²) in [5, 5.41) is 75.6. The number of nitrogens with two attached hydrogens (primary N) is 4. The van der Waals surface area contributed by atoms with Crippen molar-refractivity contribution in [3.63, 3.8) is 0 Å².